The van der Waals surface area contributed by atoms with Gasteiger partial charge in [-0.2, -0.15) is 0 Å². The highest BCUT2D eigenvalue weighted by molar-refractivity contribution is 7.94. The Bertz CT molecular complexity index is 1140. The third kappa shape index (κ3) is 3.41. The number of phenols is 2. The maximum absolute atomic E-state index is 12.8. The summed E-state index contributed by atoms with van der Waals surface area (Å²) in [6.45, 7) is -0.351. The number of carbonyl (C=O) groups excluding carboxylic acids is 3. The van der Waals surface area contributed by atoms with Crippen LogP contribution in [0, 0.1) is 0 Å². The second kappa shape index (κ2) is 7.81. The predicted molar refractivity (Wildman–Crippen MR) is 107 cm³/mol. The van der Waals surface area contributed by atoms with Gasteiger partial charge in [0.05, 0.1) is 18.0 Å². The van der Waals surface area contributed by atoms with Gasteiger partial charge in [0.25, 0.3) is 0 Å². The summed E-state index contributed by atoms with van der Waals surface area (Å²) in [6, 6.07) is 0.455. The molecule has 1 aromatic carbocycles. The molecule has 0 unspecified atom stereocenters. The van der Waals surface area contributed by atoms with Crippen molar-refractivity contribution in [3.05, 3.63) is 22.7 Å². The van der Waals surface area contributed by atoms with Crippen LogP contribution >= 0.6 is 11.6 Å². The maximum atomic E-state index is 12.8. The number of sulfone groups is 1. The minimum absolute atomic E-state index is 0.180. The molecule has 2 aliphatic heterocycles. The van der Waals surface area contributed by atoms with Crippen LogP contribution in [0.15, 0.2) is 12.1 Å². The van der Waals surface area contributed by atoms with Crippen molar-refractivity contribution in [3.63, 3.8) is 0 Å². The molecule has 174 valence electrons. The number of benzene rings is 1. The van der Waals surface area contributed by atoms with Gasteiger partial charge >= 0.3 is 12.1 Å². The minimum Gasteiger partial charge on any atom is -0.504 e. The van der Waals surface area contributed by atoms with Gasteiger partial charge in [0.1, 0.15) is 16.7 Å². The zero-order chi connectivity index (χ0) is 24.2. The van der Waals surface area contributed by atoms with Crippen LogP contribution in [0.2, 0.25) is 5.02 Å². The zero-order valence-corrected chi connectivity index (χ0v) is 18.4. The number of aromatic hydroxyl groups is 2. The Balaban J connectivity index is 1.72. The highest BCUT2D eigenvalue weighted by Crippen LogP contribution is 2.46. The fourth-order valence-corrected chi connectivity index (χ4v) is 6.26. The molecule has 14 heteroatoms. The number of hydrogen-bond acceptors (Lipinski definition) is 9. The SMILES string of the molecule is CN(CC(=O)c1ccc(O)c(O)c1Cl)C(=O)OC[C@@]1(C)[C@H](C(=O)O)N2C(=O)C[C@H]2S1(=O)=O. The number of hydrogen-bond donors (Lipinski definition) is 3. The number of Topliss-reactive ketones (excluding diaryl/α,β-unsaturated/α-hetero) is 1. The molecule has 0 spiro atoms. The number of β-lactam (4-membered cyclic amide) rings is 1. The number of nitrogens with zero attached hydrogens (tertiary/aromatic N) is 2. The molecule has 0 aliphatic carbocycles. The smallest absolute Gasteiger partial charge is 0.409 e. The standard InChI is InChI=1S/C18H19ClN2O10S/c1-18(15(16(26)27)21-11(24)5-12(21)32(18,29)30)7-31-17(28)20(2)6-10(23)8-3-4-9(22)14(25)13(8)19/h3-4,12,15,22,25H,5-7H2,1-2H3,(H,26,27)/t12-,15+,18+/m1/s1. The van der Waals surface area contributed by atoms with Gasteiger partial charge in [-0.3, -0.25) is 9.59 Å². The third-order valence-electron chi connectivity index (χ3n) is 5.62. The molecule has 2 fully saturated rings. The van der Waals surface area contributed by atoms with Crippen LogP contribution < -0.4 is 0 Å². The van der Waals surface area contributed by atoms with Gasteiger partial charge in [0.15, 0.2) is 33.2 Å². The lowest BCUT2D eigenvalue weighted by atomic mass is 9.97. The van der Waals surface area contributed by atoms with Crippen molar-refractivity contribution in [1.29, 1.82) is 0 Å². The summed E-state index contributed by atoms with van der Waals surface area (Å²) in [4.78, 5) is 49.8. The Morgan fingerprint density at radius 2 is 1.94 bits per heavy atom. The van der Waals surface area contributed by atoms with E-state index in [1.807, 2.05) is 0 Å². The van der Waals surface area contributed by atoms with Crippen molar-refractivity contribution >= 4 is 45.2 Å². The Labute approximate surface area is 186 Å². The molecule has 0 saturated carbocycles. The monoisotopic (exact) mass is 490 g/mol. The predicted octanol–water partition coefficient (Wildman–Crippen LogP) is 0.201. The Morgan fingerprint density at radius 1 is 1.31 bits per heavy atom. The number of aliphatic carboxylic acids is 1. The van der Waals surface area contributed by atoms with E-state index in [-0.39, 0.29) is 12.0 Å². The van der Waals surface area contributed by atoms with Crippen molar-refractivity contribution < 1.29 is 47.7 Å². The summed E-state index contributed by atoms with van der Waals surface area (Å²) < 4.78 is 28.5. The lowest BCUT2D eigenvalue weighted by molar-refractivity contribution is -0.158. The second-order valence-corrected chi connectivity index (χ2v) is 10.6. The van der Waals surface area contributed by atoms with Crippen LogP contribution in [-0.2, 0) is 24.2 Å². The molecule has 2 heterocycles. The van der Waals surface area contributed by atoms with Gasteiger partial charge < -0.3 is 29.9 Å². The lowest BCUT2D eigenvalue weighted by Crippen LogP contribution is -2.58. The number of rotatable bonds is 6. The average Bonchev–Trinajstić information content (AvgIpc) is 2.84. The molecule has 3 rings (SSSR count). The van der Waals surface area contributed by atoms with Crippen LogP contribution in [0.25, 0.3) is 0 Å². The first-order valence-electron chi connectivity index (χ1n) is 9.13. The molecule has 0 radical (unpaired) electrons. The van der Waals surface area contributed by atoms with Gasteiger partial charge in [-0.15, -0.1) is 0 Å². The van der Waals surface area contributed by atoms with E-state index >= 15 is 0 Å². The minimum atomic E-state index is -4.16. The van der Waals surface area contributed by atoms with E-state index in [0.29, 0.717) is 0 Å². The van der Waals surface area contributed by atoms with E-state index in [4.69, 9.17) is 16.3 Å². The van der Waals surface area contributed by atoms with Crippen molar-refractivity contribution in [3.8, 4) is 11.5 Å². The number of ketones is 1. The van der Waals surface area contributed by atoms with Crippen LogP contribution in [-0.4, -0.2) is 93.7 Å². The average molecular weight is 491 g/mol. The molecular formula is C18H19ClN2O10S. The van der Waals surface area contributed by atoms with Crippen LogP contribution in [0.4, 0.5) is 4.79 Å². The van der Waals surface area contributed by atoms with Crippen LogP contribution in [0.1, 0.15) is 23.7 Å². The Hall–Kier alpha value is -3.06. The van der Waals surface area contributed by atoms with Crippen LogP contribution in [0.3, 0.4) is 0 Å². The number of carbonyl (C=O) groups is 4. The largest absolute Gasteiger partial charge is 0.504 e. The summed E-state index contributed by atoms with van der Waals surface area (Å²) in [5.74, 6) is -4.14. The van der Waals surface area contributed by atoms with E-state index < -0.39 is 79.4 Å². The zero-order valence-electron chi connectivity index (χ0n) is 16.8. The number of carboxylic acid groups (broad SMARTS) is 1. The topological polar surface area (TPSA) is 179 Å². The summed E-state index contributed by atoms with van der Waals surface area (Å²) in [5, 5.41) is 26.8. The number of amides is 2. The second-order valence-electron chi connectivity index (χ2n) is 7.69. The van der Waals surface area contributed by atoms with Crippen molar-refractivity contribution in [1.82, 2.24) is 9.80 Å². The fourth-order valence-electron chi connectivity index (χ4n) is 3.72. The van der Waals surface area contributed by atoms with E-state index in [1.54, 1.807) is 0 Å². The molecule has 32 heavy (non-hydrogen) atoms. The number of phenolic OH excluding ortho intramolecular Hbond substituents is 2. The van der Waals surface area contributed by atoms with E-state index in [2.05, 4.69) is 0 Å². The highest BCUT2D eigenvalue weighted by atomic mass is 35.5. The molecule has 0 aromatic heterocycles. The summed E-state index contributed by atoms with van der Waals surface area (Å²) >= 11 is 5.82. The number of halogens is 1. The first kappa shape index (κ1) is 23.6. The quantitative estimate of drug-likeness (QED) is 0.283. The lowest BCUT2D eigenvalue weighted by Gasteiger charge is -2.35. The first-order valence-corrected chi connectivity index (χ1v) is 11.1. The van der Waals surface area contributed by atoms with E-state index in [1.165, 1.54) is 7.05 Å². The molecule has 1 aromatic rings. The molecule has 3 N–H and O–H groups in total. The van der Waals surface area contributed by atoms with E-state index in [9.17, 15) is 42.9 Å². The van der Waals surface area contributed by atoms with Crippen molar-refractivity contribution in [2.75, 3.05) is 20.2 Å². The van der Waals surface area contributed by atoms with Gasteiger partial charge in [-0.1, -0.05) is 11.6 Å². The molecule has 2 saturated heterocycles. The summed E-state index contributed by atoms with van der Waals surface area (Å²) in [6.07, 6.45) is -1.47. The number of likely N-dealkylation sites (N-methyl/N-ethyl adjacent to an activating group) is 1. The van der Waals surface area contributed by atoms with E-state index in [0.717, 1.165) is 28.9 Å². The third-order valence-corrected chi connectivity index (χ3v) is 8.75. The normalized spacial score (nSPS) is 25.6. The number of carboxylic acids is 1. The summed E-state index contributed by atoms with van der Waals surface area (Å²) in [5.41, 5.74) is -0.180. The van der Waals surface area contributed by atoms with Gasteiger partial charge in [0.2, 0.25) is 5.91 Å². The molecular weight excluding hydrogens is 472 g/mol. The fraction of sp³-hybridized carbons (Fsp3) is 0.444. The Kier molecular flexibility index (Phi) is 5.76. The highest BCUT2D eigenvalue weighted by Gasteiger charge is 2.70. The van der Waals surface area contributed by atoms with Gasteiger partial charge in [0, 0.05) is 12.6 Å². The first-order chi connectivity index (χ1) is 14.7. The molecule has 12 nitrogen and oxygen atoms in total. The van der Waals surface area contributed by atoms with Gasteiger partial charge in [-0.25, -0.2) is 18.0 Å². The maximum Gasteiger partial charge on any atom is 0.409 e. The number of ether oxygens (including phenoxy) is 1. The molecule has 3 atom stereocenters. The molecule has 2 aliphatic rings. The number of fused-ring (bicyclic) bond motifs is 1. The van der Waals surface area contributed by atoms with Crippen molar-refractivity contribution in [2.24, 2.45) is 0 Å². The summed E-state index contributed by atoms with van der Waals surface area (Å²) in [7, 11) is -2.99. The van der Waals surface area contributed by atoms with Crippen LogP contribution in [0.5, 0.6) is 11.5 Å². The molecule has 2 amide bonds. The van der Waals surface area contributed by atoms with Crippen molar-refractivity contribution in [2.45, 2.75) is 29.5 Å². The van der Waals surface area contributed by atoms with Gasteiger partial charge in [-0.05, 0) is 19.1 Å². The Morgan fingerprint density at radius 3 is 2.50 bits per heavy atom. The molecule has 0 bridgehead atoms.